The van der Waals surface area contributed by atoms with E-state index in [9.17, 15) is 14.4 Å². The van der Waals surface area contributed by atoms with Gasteiger partial charge in [-0.1, -0.05) is 5.16 Å². The van der Waals surface area contributed by atoms with Crippen molar-refractivity contribution in [2.24, 2.45) is 10.9 Å². The maximum atomic E-state index is 11.3. The second-order valence-electron chi connectivity index (χ2n) is 4.44. The van der Waals surface area contributed by atoms with Crippen LogP contribution in [0.4, 0.5) is 9.59 Å². The first-order valence-electron chi connectivity index (χ1n) is 6.90. The average Bonchev–Trinajstić information content (AvgIpc) is 2.54. The van der Waals surface area contributed by atoms with Crippen LogP contribution in [0.2, 0.25) is 0 Å². The van der Waals surface area contributed by atoms with E-state index in [1.807, 2.05) is 0 Å². The number of carboxylic acid groups (broad SMARTS) is 1. The SMILES string of the molecule is CNC(=O)O/N=C(\C)N(CCCC[C@H](N)C(=O)O)OC(=O)NC. The van der Waals surface area contributed by atoms with Gasteiger partial charge in [0.1, 0.15) is 6.04 Å². The standard InChI is InChI=1S/C12H23N5O6/c1-8(16-22-11(20)14-2)17(23-12(21)15-3)7-5-4-6-9(13)10(18)19/h9H,4-7,13H2,1-3H3,(H,14,20)(H,15,21)(H,18,19)/b16-8+/t9-/m0/s1. The molecule has 0 spiro atoms. The first-order chi connectivity index (χ1) is 10.8. The van der Waals surface area contributed by atoms with Gasteiger partial charge in [-0.15, -0.1) is 0 Å². The summed E-state index contributed by atoms with van der Waals surface area (Å²) < 4.78 is 0. The third kappa shape index (κ3) is 9.14. The fourth-order valence-electron chi connectivity index (χ4n) is 1.36. The molecule has 11 heteroatoms. The Balaban J connectivity index is 4.53. The first-order valence-corrected chi connectivity index (χ1v) is 6.90. The van der Waals surface area contributed by atoms with Gasteiger partial charge < -0.3 is 26.3 Å². The summed E-state index contributed by atoms with van der Waals surface area (Å²) in [6, 6.07) is -0.936. The van der Waals surface area contributed by atoms with E-state index < -0.39 is 24.2 Å². The minimum absolute atomic E-state index is 0.139. The summed E-state index contributed by atoms with van der Waals surface area (Å²) in [7, 11) is 2.76. The number of aliphatic carboxylic acids is 1. The Bertz CT molecular complexity index is 442. The Kier molecular flexibility index (Phi) is 9.83. The van der Waals surface area contributed by atoms with Gasteiger partial charge in [0.05, 0.1) is 6.54 Å². The van der Waals surface area contributed by atoms with Gasteiger partial charge in [-0.3, -0.25) is 9.63 Å². The number of hydrogen-bond acceptors (Lipinski definition) is 7. The Morgan fingerprint density at radius 1 is 1.22 bits per heavy atom. The number of carboxylic acids is 1. The molecule has 0 bridgehead atoms. The summed E-state index contributed by atoms with van der Waals surface area (Å²) in [5.41, 5.74) is 5.40. The van der Waals surface area contributed by atoms with E-state index in [1.54, 1.807) is 0 Å². The van der Waals surface area contributed by atoms with Crippen molar-refractivity contribution in [3.05, 3.63) is 0 Å². The highest BCUT2D eigenvalue weighted by molar-refractivity contribution is 5.81. The molecule has 0 fully saturated rings. The second kappa shape index (κ2) is 11.1. The maximum absolute atomic E-state index is 11.3. The zero-order valence-electron chi connectivity index (χ0n) is 13.4. The molecule has 11 nitrogen and oxygen atoms in total. The lowest BCUT2D eigenvalue weighted by Crippen LogP contribution is -2.37. The van der Waals surface area contributed by atoms with Crippen LogP contribution >= 0.6 is 0 Å². The lowest BCUT2D eigenvalue weighted by atomic mass is 10.1. The van der Waals surface area contributed by atoms with E-state index >= 15 is 0 Å². The van der Waals surface area contributed by atoms with Crippen molar-refractivity contribution in [2.75, 3.05) is 20.6 Å². The van der Waals surface area contributed by atoms with Crippen LogP contribution in [0.3, 0.4) is 0 Å². The van der Waals surface area contributed by atoms with Crippen LogP contribution in [0.25, 0.3) is 0 Å². The van der Waals surface area contributed by atoms with Gasteiger partial charge in [0.15, 0.2) is 5.84 Å². The van der Waals surface area contributed by atoms with Crippen LogP contribution in [-0.2, 0) is 14.5 Å². The topological polar surface area (TPSA) is 156 Å². The molecule has 0 unspecified atom stereocenters. The monoisotopic (exact) mass is 333 g/mol. The van der Waals surface area contributed by atoms with Crippen LogP contribution < -0.4 is 16.4 Å². The quantitative estimate of drug-likeness (QED) is 0.164. The molecule has 132 valence electrons. The number of unbranched alkanes of at least 4 members (excludes halogenated alkanes) is 1. The van der Waals surface area contributed by atoms with Crippen molar-refractivity contribution >= 4 is 24.0 Å². The number of carbonyl (C=O) groups excluding carboxylic acids is 2. The van der Waals surface area contributed by atoms with Gasteiger partial charge in [0, 0.05) is 21.0 Å². The molecule has 0 heterocycles. The zero-order chi connectivity index (χ0) is 17.8. The van der Waals surface area contributed by atoms with E-state index in [4.69, 9.17) is 15.7 Å². The summed E-state index contributed by atoms with van der Waals surface area (Å²) in [6.07, 6.45) is -0.206. The summed E-state index contributed by atoms with van der Waals surface area (Å²) in [5.74, 6) is -0.931. The number of amides is 2. The van der Waals surface area contributed by atoms with Crippen molar-refractivity contribution in [3.8, 4) is 0 Å². The Labute approximate surface area is 133 Å². The van der Waals surface area contributed by atoms with Crippen LogP contribution in [-0.4, -0.2) is 60.8 Å². The highest BCUT2D eigenvalue weighted by Gasteiger charge is 2.15. The minimum atomic E-state index is -1.07. The number of oxime groups is 1. The third-order valence-electron chi connectivity index (χ3n) is 2.67. The Morgan fingerprint density at radius 3 is 2.35 bits per heavy atom. The van der Waals surface area contributed by atoms with Crippen molar-refractivity contribution in [2.45, 2.75) is 32.2 Å². The Hall–Kier alpha value is -2.56. The molecule has 0 aliphatic heterocycles. The van der Waals surface area contributed by atoms with Gasteiger partial charge in [0.2, 0.25) is 0 Å². The highest BCUT2D eigenvalue weighted by atomic mass is 16.7. The number of nitrogens with two attached hydrogens (primary N) is 1. The molecule has 0 rings (SSSR count). The number of hydrogen-bond donors (Lipinski definition) is 4. The van der Waals surface area contributed by atoms with Gasteiger partial charge in [-0.05, 0) is 19.3 Å². The summed E-state index contributed by atoms with van der Waals surface area (Å²) >= 11 is 0. The van der Waals surface area contributed by atoms with Gasteiger partial charge in [-0.25, -0.2) is 9.59 Å². The normalized spacial score (nSPS) is 12.1. The van der Waals surface area contributed by atoms with Crippen molar-refractivity contribution in [3.63, 3.8) is 0 Å². The molecular weight excluding hydrogens is 310 g/mol. The van der Waals surface area contributed by atoms with Gasteiger partial charge >= 0.3 is 18.2 Å². The van der Waals surface area contributed by atoms with Crippen LogP contribution in [0, 0.1) is 0 Å². The summed E-state index contributed by atoms with van der Waals surface area (Å²) in [4.78, 5) is 42.4. The molecular formula is C12H23N5O6. The van der Waals surface area contributed by atoms with Crippen LogP contribution in [0.1, 0.15) is 26.2 Å². The van der Waals surface area contributed by atoms with Crippen LogP contribution in [0.15, 0.2) is 5.16 Å². The molecule has 0 saturated heterocycles. The third-order valence-corrected chi connectivity index (χ3v) is 2.67. The van der Waals surface area contributed by atoms with E-state index in [-0.39, 0.29) is 18.8 Å². The predicted octanol–water partition coefficient (Wildman–Crippen LogP) is -0.169. The molecule has 0 aliphatic rings. The molecule has 1 atom stereocenters. The smallest absolute Gasteiger partial charge is 0.433 e. The fourth-order valence-corrected chi connectivity index (χ4v) is 1.36. The molecule has 23 heavy (non-hydrogen) atoms. The second-order valence-corrected chi connectivity index (χ2v) is 4.44. The highest BCUT2D eigenvalue weighted by Crippen LogP contribution is 2.04. The maximum Gasteiger partial charge on any atom is 0.433 e. The number of rotatable bonds is 7. The largest absolute Gasteiger partial charge is 0.480 e. The number of hydroxylamine groups is 2. The van der Waals surface area contributed by atoms with E-state index in [1.165, 1.54) is 21.0 Å². The molecule has 0 aromatic heterocycles. The molecule has 0 saturated carbocycles. The molecule has 2 amide bonds. The molecule has 0 aromatic rings. The van der Waals surface area contributed by atoms with Gasteiger partial charge in [-0.2, -0.15) is 5.06 Å². The lowest BCUT2D eigenvalue weighted by Gasteiger charge is -2.21. The lowest BCUT2D eigenvalue weighted by molar-refractivity contribution is -0.138. The Morgan fingerprint density at radius 2 is 1.83 bits per heavy atom. The number of nitrogens with one attached hydrogen (secondary N) is 2. The number of carbonyl (C=O) groups is 3. The minimum Gasteiger partial charge on any atom is -0.480 e. The van der Waals surface area contributed by atoms with Gasteiger partial charge in [0.25, 0.3) is 0 Å². The molecule has 0 aromatic carbocycles. The van der Waals surface area contributed by atoms with E-state index in [0.717, 1.165) is 5.06 Å². The van der Waals surface area contributed by atoms with Crippen molar-refractivity contribution in [1.29, 1.82) is 0 Å². The summed E-state index contributed by atoms with van der Waals surface area (Å²) in [5, 5.41) is 17.8. The van der Waals surface area contributed by atoms with Crippen molar-refractivity contribution in [1.82, 2.24) is 15.7 Å². The summed E-state index contributed by atoms with van der Waals surface area (Å²) in [6.45, 7) is 1.71. The predicted molar refractivity (Wildman–Crippen MR) is 80.4 cm³/mol. The fraction of sp³-hybridized carbons (Fsp3) is 0.667. The van der Waals surface area contributed by atoms with Crippen LogP contribution in [0.5, 0.6) is 0 Å². The number of nitrogens with zero attached hydrogens (tertiary/aromatic N) is 2. The number of amidine groups is 1. The molecule has 5 N–H and O–H groups in total. The molecule has 0 aliphatic carbocycles. The van der Waals surface area contributed by atoms with E-state index in [0.29, 0.717) is 12.8 Å². The average molecular weight is 333 g/mol. The molecule has 0 radical (unpaired) electrons. The zero-order valence-corrected chi connectivity index (χ0v) is 13.4. The van der Waals surface area contributed by atoms with Crippen molar-refractivity contribution < 1.29 is 29.2 Å². The first kappa shape index (κ1) is 20.4. The van der Waals surface area contributed by atoms with E-state index in [2.05, 4.69) is 20.6 Å².